The molecule has 6 heteroatoms. The maximum Gasteiger partial charge on any atom is 0.307 e. The van der Waals surface area contributed by atoms with Gasteiger partial charge in [0.2, 0.25) is 5.91 Å². The molecule has 0 aromatic heterocycles. The van der Waals surface area contributed by atoms with Gasteiger partial charge in [-0.3, -0.25) is 4.79 Å². The molecule has 1 unspecified atom stereocenters. The summed E-state index contributed by atoms with van der Waals surface area (Å²) in [6.07, 6.45) is 0.386. The van der Waals surface area contributed by atoms with Crippen molar-refractivity contribution in [3.63, 3.8) is 0 Å². The minimum atomic E-state index is -4.64. The van der Waals surface area contributed by atoms with E-state index in [1.54, 1.807) is 0 Å². The Morgan fingerprint density at radius 2 is 1.82 bits per heavy atom. The van der Waals surface area contributed by atoms with Gasteiger partial charge in [0.25, 0.3) is 0 Å². The van der Waals surface area contributed by atoms with E-state index in [0.717, 1.165) is 5.56 Å². The van der Waals surface area contributed by atoms with E-state index < -0.39 is 15.5 Å². The molecule has 1 amide bonds. The number of hydrogen-bond donors (Lipinski definition) is 0. The predicted octanol–water partition coefficient (Wildman–Crippen LogP) is 2.43. The van der Waals surface area contributed by atoms with Crippen LogP contribution in [0.15, 0.2) is 24.3 Å². The van der Waals surface area contributed by atoms with Crippen LogP contribution in [-0.2, 0) is 26.9 Å². The van der Waals surface area contributed by atoms with Gasteiger partial charge in [0.15, 0.2) is 0 Å². The maximum absolute atomic E-state index is 13.0. The van der Waals surface area contributed by atoms with Gasteiger partial charge >= 0.3 is 10.2 Å². The molecule has 1 aromatic carbocycles. The quantitative estimate of drug-likeness (QED) is 0.798. The molecule has 122 valence electrons. The van der Waals surface area contributed by atoms with Gasteiger partial charge in [-0.05, 0) is 23.0 Å². The molecule has 1 fully saturated rings. The van der Waals surface area contributed by atoms with Crippen molar-refractivity contribution < 1.29 is 17.1 Å². The summed E-state index contributed by atoms with van der Waals surface area (Å²) in [5, 5.41) is -1.21. The lowest BCUT2D eigenvalue weighted by Crippen LogP contribution is -2.29. The molecule has 1 aliphatic rings. The van der Waals surface area contributed by atoms with E-state index >= 15 is 0 Å². The summed E-state index contributed by atoms with van der Waals surface area (Å²) < 4.78 is 34.7. The van der Waals surface area contributed by atoms with Gasteiger partial charge < -0.3 is 4.90 Å². The molecular weight excluding hydrogens is 305 g/mol. The smallest absolute Gasteiger partial charge is 0.307 e. The van der Waals surface area contributed by atoms with Crippen LogP contribution in [0.4, 0.5) is 3.89 Å². The fourth-order valence-electron chi connectivity index (χ4n) is 2.58. The highest BCUT2D eigenvalue weighted by molar-refractivity contribution is 7.87. The van der Waals surface area contributed by atoms with Gasteiger partial charge in [0.1, 0.15) is 5.25 Å². The number of nitrogens with zero attached hydrogens (tertiary/aromatic N) is 1. The highest BCUT2D eigenvalue weighted by atomic mass is 32.3. The number of carbonyl (C=O) groups is 1. The van der Waals surface area contributed by atoms with Crippen LogP contribution in [0.1, 0.15) is 38.3 Å². The lowest BCUT2D eigenvalue weighted by Gasteiger charge is -2.20. The molecule has 2 rings (SSSR count). The number of halogens is 1. The largest absolute Gasteiger partial charge is 0.341 e. The summed E-state index contributed by atoms with van der Waals surface area (Å²) in [5.74, 6) is -0.294. The monoisotopic (exact) mass is 327 g/mol. The van der Waals surface area contributed by atoms with E-state index in [4.69, 9.17) is 0 Å². The van der Waals surface area contributed by atoms with Gasteiger partial charge in [-0.15, -0.1) is 3.89 Å². The van der Waals surface area contributed by atoms with Crippen molar-refractivity contribution in [3.8, 4) is 0 Å². The van der Waals surface area contributed by atoms with Crippen molar-refractivity contribution in [1.82, 2.24) is 4.90 Å². The number of likely N-dealkylation sites (tertiary alicyclic amines) is 1. The SMILES string of the molecule is CC(C)(C)c1ccc(CCN2CC(S(=O)(=O)F)CC2=O)cc1. The van der Waals surface area contributed by atoms with E-state index in [-0.39, 0.29) is 24.3 Å². The fraction of sp³-hybridized carbons (Fsp3) is 0.562. The average Bonchev–Trinajstić information content (AvgIpc) is 2.77. The molecule has 0 aliphatic carbocycles. The van der Waals surface area contributed by atoms with Gasteiger partial charge in [-0.25, -0.2) is 0 Å². The molecule has 0 N–H and O–H groups in total. The topological polar surface area (TPSA) is 54.5 Å². The molecule has 1 atom stereocenters. The third kappa shape index (κ3) is 4.06. The minimum absolute atomic E-state index is 0.0439. The summed E-state index contributed by atoms with van der Waals surface area (Å²) in [4.78, 5) is 13.2. The molecule has 0 radical (unpaired) electrons. The van der Waals surface area contributed by atoms with Crippen molar-refractivity contribution in [1.29, 1.82) is 0 Å². The second-order valence-electron chi connectivity index (χ2n) is 6.84. The first-order valence-corrected chi connectivity index (χ1v) is 8.83. The van der Waals surface area contributed by atoms with Crippen molar-refractivity contribution in [3.05, 3.63) is 35.4 Å². The highest BCUT2D eigenvalue weighted by Crippen LogP contribution is 2.23. The average molecular weight is 327 g/mol. The molecule has 1 aliphatic heterocycles. The Morgan fingerprint density at radius 1 is 1.23 bits per heavy atom. The number of hydrogen-bond acceptors (Lipinski definition) is 3. The van der Waals surface area contributed by atoms with Crippen LogP contribution in [0.25, 0.3) is 0 Å². The summed E-state index contributed by atoms with van der Waals surface area (Å²) in [6, 6.07) is 8.17. The number of rotatable bonds is 4. The summed E-state index contributed by atoms with van der Waals surface area (Å²) >= 11 is 0. The van der Waals surface area contributed by atoms with Crippen LogP contribution in [0.2, 0.25) is 0 Å². The van der Waals surface area contributed by atoms with Crippen molar-refractivity contribution in [2.24, 2.45) is 0 Å². The zero-order valence-electron chi connectivity index (χ0n) is 13.2. The Kier molecular flexibility index (Phi) is 4.61. The standard InChI is InChI=1S/C16H22FNO3S/c1-16(2,3)13-6-4-12(5-7-13)8-9-18-11-14(10-15(18)19)22(17,20)21/h4-7,14H,8-11H2,1-3H3. The predicted molar refractivity (Wildman–Crippen MR) is 83.9 cm³/mol. The van der Waals surface area contributed by atoms with E-state index in [1.807, 2.05) is 12.1 Å². The van der Waals surface area contributed by atoms with Crippen LogP contribution in [-0.4, -0.2) is 37.6 Å². The molecule has 0 saturated carbocycles. The first kappa shape index (κ1) is 16.9. The number of carbonyl (C=O) groups excluding carboxylic acids is 1. The Balaban J connectivity index is 1.95. The molecule has 4 nitrogen and oxygen atoms in total. The first-order chi connectivity index (χ1) is 10.1. The zero-order valence-corrected chi connectivity index (χ0v) is 14.0. The fourth-order valence-corrected chi connectivity index (χ4v) is 3.28. The summed E-state index contributed by atoms with van der Waals surface area (Å²) in [7, 11) is -4.64. The van der Waals surface area contributed by atoms with Gasteiger partial charge in [0.05, 0.1) is 0 Å². The lowest BCUT2D eigenvalue weighted by atomic mass is 9.86. The molecular formula is C16H22FNO3S. The second kappa shape index (κ2) is 5.99. The van der Waals surface area contributed by atoms with Crippen molar-refractivity contribution in [2.75, 3.05) is 13.1 Å². The third-order valence-electron chi connectivity index (χ3n) is 4.07. The number of benzene rings is 1. The van der Waals surface area contributed by atoms with Crippen molar-refractivity contribution >= 4 is 16.1 Å². The molecule has 1 aromatic rings. The van der Waals surface area contributed by atoms with Crippen LogP contribution < -0.4 is 0 Å². The third-order valence-corrected chi connectivity index (χ3v) is 5.18. The van der Waals surface area contributed by atoms with E-state index in [9.17, 15) is 17.1 Å². The first-order valence-electron chi connectivity index (χ1n) is 7.38. The molecule has 1 saturated heterocycles. The van der Waals surface area contributed by atoms with Crippen LogP contribution in [0.5, 0.6) is 0 Å². The zero-order chi connectivity index (χ0) is 16.5. The molecule has 0 bridgehead atoms. The second-order valence-corrected chi connectivity index (χ2v) is 8.46. The molecule has 22 heavy (non-hydrogen) atoms. The van der Waals surface area contributed by atoms with Crippen LogP contribution >= 0.6 is 0 Å². The Labute approximate surface area is 131 Å². The Morgan fingerprint density at radius 3 is 2.27 bits per heavy atom. The molecule has 1 heterocycles. The normalized spacial score (nSPS) is 19.7. The van der Waals surface area contributed by atoms with Crippen LogP contribution in [0, 0.1) is 0 Å². The van der Waals surface area contributed by atoms with Gasteiger partial charge in [-0.2, -0.15) is 8.42 Å². The molecule has 0 spiro atoms. The maximum atomic E-state index is 13.0. The summed E-state index contributed by atoms with van der Waals surface area (Å²) in [6.45, 7) is 6.80. The van der Waals surface area contributed by atoms with E-state index in [2.05, 4.69) is 32.9 Å². The van der Waals surface area contributed by atoms with E-state index in [1.165, 1.54) is 10.5 Å². The van der Waals surface area contributed by atoms with Gasteiger partial charge in [-0.1, -0.05) is 45.0 Å². The highest BCUT2D eigenvalue weighted by Gasteiger charge is 2.37. The number of amides is 1. The lowest BCUT2D eigenvalue weighted by molar-refractivity contribution is -0.127. The minimum Gasteiger partial charge on any atom is -0.341 e. The Bertz CT molecular complexity index is 647. The van der Waals surface area contributed by atoms with Gasteiger partial charge in [0, 0.05) is 19.5 Å². The Hall–Kier alpha value is -1.43. The summed E-state index contributed by atoms with van der Waals surface area (Å²) in [5.41, 5.74) is 2.40. The van der Waals surface area contributed by atoms with E-state index in [0.29, 0.717) is 13.0 Å². The van der Waals surface area contributed by atoms with Crippen LogP contribution in [0.3, 0.4) is 0 Å². The van der Waals surface area contributed by atoms with Crippen molar-refractivity contribution in [2.45, 2.75) is 44.3 Å².